The Morgan fingerprint density at radius 2 is 2.33 bits per heavy atom. The van der Waals surface area contributed by atoms with Gasteiger partial charge in [0.2, 0.25) is 6.41 Å². The lowest BCUT2D eigenvalue weighted by atomic mass is 10.6. The summed E-state index contributed by atoms with van der Waals surface area (Å²) in [5.41, 5.74) is -1.84. The second-order valence-corrected chi connectivity index (χ2v) is 9.68. The number of carbonyl (C=O) groups excluding carboxylic acids is 1. The molecule has 1 amide bonds. The van der Waals surface area contributed by atoms with Gasteiger partial charge in [-0.1, -0.05) is 18.3 Å². The molecule has 0 rings (SSSR count). The van der Waals surface area contributed by atoms with Gasteiger partial charge in [-0.25, -0.2) is 0 Å². The Kier molecular flexibility index (Phi) is 6.19. The molecule has 0 saturated carbocycles. The van der Waals surface area contributed by atoms with Crippen molar-refractivity contribution in [2.45, 2.75) is 13.3 Å². The van der Waals surface area contributed by atoms with Crippen LogP contribution < -0.4 is 5.09 Å². The SMILES string of the molecule is CCCSP(=S)(NC)N(C)C=O. The zero-order chi connectivity index (χ0) is 9.61. The molecule has 0 aromatic carbocycles. The molecular weight excluding hydrogens is 211 g/mol. The lowest BCUT2D eigenvalue weighted by Crippen LogP contribution is -2.18. The van der Waals surface area contributed by atoms with Crippen molar-refractivity contribution < 1.29 is 4.79 Å². The van der Waals surface area contributed by atoms with E-state index in [2.05, 4.69) is 12.0 Å². The van der Waals surface area contributed by atoms with E-state index in [1.807, 2.05) is 7.05 Å². The van der Waals surface area contributed by atoms with Crippen LogP contribution in [0.3, 0.4) is 0 Å². The Labute approximate surface area is 83.1 Å². The topological polar surface area (TPSA) is 32.3 Å². The van der Waals surface area contributed by atoms with E-state index in [4.69, 9.17) is 11.8 Å². The molecule has 0 aliphatic heterocycles. The highest BCUT2D eigenvalue weighted by molar-refractivity contribution is 8.69. The predicted molar refractivity (Wildman–Crippen MR) is 59.9 cm³/mol. The Morgan fingerprint density at radius 1 is 1.75 bits per heavy atom. The van der Waals surface area contributed by atoms with Crippen molar-refractivity contribution in [3.8, 4) is 0 Å². The van der Waals surface area contributed by atoms with Gasteiger partial charge < -0.3 is 4.67 Å². The van der Waals surface area contributed by atoms with Crippen molar-refractivity contribution in [2.75, 3.05) is 19.8 Å². The molecule has 0 aliphatic carbocycles. The fourth-order valence-corrected chi connectivity index (χ4v) is 4.90. The van der Waals surface area contributed by atoms with Gasteiger partial charge in [-0.3, -0.25) is 9.88 Å². The molecule has 12 heavy (non-hydrogen) atoms. The predicted octanol–water partition coefficient (Wildman–Crippen LogP) is 1.66. The van der Waals surface area contributed by atoms with Crippen LogP contribution in [0, 0.1) is 0 Å². The summed E-state index contributed by atoms with van der Waals surface area (Å²) >= 11 is 7.01. The maximum absolute atomic E-state index is 10.5. The monoisotopic (exact) mass is 226 g/mol. The third-order valence-corrected chi connectivity index (χ3v) is 8.94. The maximum Gasteiger partial charge on any atom is 0.214 e. The van der Waals surface area contributed by atoms with Crippen LogP contribution in [0.4, 0.5) is 0 Å². The van der Waals surface area contributed by atoms with Crippen LogP contribution in [0.5, 0.6) is 0 Å². The van der Waals surface area contributed by atoms with Gasteiger partial charge in [-0.05, 0) is 25.3 Å². The van der Waals surface area contributed by atoms with Crippen LogP contribution in [0.2, 0.25) is 0 Å². The van der Waals surface area contributed by atoms with Crippen LogP contribution in [-0.4, -0.2) is 30.9 Å². The lowest BCUT2D eigenvalue weighted by Gasteiger charge is -2.27. The van der Waals surface area contributed by atoms with Gasteiger partial charge in [0, 0.05) is 12.8 Å². The van der Waals surface area contributed by atoms with E-state index < -0.39 is 5.54 Å². The van der Waals surface area contributed by atoms with Crippen LogP contribution in [0.1, 0.15) is 13.3 Å². The van der Waals surface area contributed by atoms with Gasteiger partial charge in [-0.2, -0.15) is 0 Å². The fraction of sp³-hybridized carbons (Fsp3) is 0.833. The molecule has 0 fully saturated rings. The first kappa shape index (κ1) is 12.4. The average molecular weight is 226 g/mol. The number of amides is 1. The van der Waals surface area contributed by atoms with Crippen molar-refractivity contribution >= 4 is 35.1 Å². The Hall–Kier alpha value is 0.430. The molecule has 0 aromatic rings. The van der Waals surface area contributed by atoms with E-state index >= 15 is 0 Å². The van der Waals surface area contributed by atoms with Crippen molar-refractivity contribution in [1.29, 1.82) is 0 Å². The molecule has 6 heteroatoms. The second kappa shape index (κ2) is 5.97. The molecule has 1 unspecified atom stereocenters. The van der Waals surface area contributed by atoms with Crippen LogP contribution >= 0.6 is 16.9 Å². The van der Waals surface area contributed by atoms with E-state index in [0.29, 0.717) is 0 Å². The number of carbonyl (C=O) groups is 1. The third kappa shape index (κ3) is 3.44. The average Bonchev–Trinajstić information content (AvgIpc) is 2.12. The summed E-state index contributed by atoms with van der Waals surface area (Å²) in [6.45, 7) is 2.10. The van der Waals surface area contributed by atoms with Crippen molar-refractivity contribution in [3.05, 3.63) is 0 Å². The Balaban J connectivity index is 4.23. The van der Waals surface area contributed by atoms with E-state index in [1.165, 1.54) is 0 Å². The number of nitrogens with zero attached hydrogens (tertiary/aromatic N) is 1. The van der Waals surface area contributed by atoms with Crippen LogP contribution in [-0.2, 0) is 16.6 Å². The molecule has 0 spiro atoms. The highest BCUT2D eigenvalue weighted by atomic mass is 32.9. The van der Waals surface area contributed by atoms with E-state index in [1.54, 1.807) is 23.1 Å². The highest BCUT2D eigenvalue weighted by Gasteiger charge is 2.18. The van der Waals surface area contributed by atoms with Gasteiger partial charge in [0.25, 0.3) is 0 Å². The molecule has 0 bridgehead atoms. The minimum Gasteiger partial charge on any atom is -0.301 e. The Morgan fingerprint density at radius 3 is 2.67 bits per heavy atom. The number of nitrogens with one attached hydrogen (secondary N) is 1. The van der Waals surface area contributed by atoms with E-state index in [-0.39, 0.29) is 0 Å². The van der Waals surface area contributed by atoms with Crippen molar-refractivity contribution in [2.24, 2.45) is 0 Å². The molecule has 0 heterocycles. The first-order valence-corrected chi connectivity index (χ1v) is 8.07. The summed E-state index contributed by atoms with van der Waals surface area (Å²) in [6.07, 6.45) is 1.87. The normalized spacial score (nSPS) is 15.2. The molecule has 0 saturated heterocycles. The summed E-state index contributed by atoms with van der Waals surface area (Å²) in [7, 11) is 3.54. The molecule has 3 nitrogen and oxygen atoms in total. The minimum atomic E-state index is -1.84. The van der Waals surface area contributed by atoms with Crippen LogP contribution in [0.25, 0.3) is 0 Å². The Bertz CT molecular complexity index is 188. The molecule has 1 N–H and O–H groups in total. The summed E-state index contributed by atoms with van der Waals surface area (Å²) in [5, 5.41) is 3.05. The second-order valence-electron chi connectivity index (χ2n) is 2.26. The van der Waals surface area contributed by atoms with Crippen molar-refractivity contribution in [1.82, 2.24) is 9.76 Å². The first-order valence-electron chi connectivity index (χ1n) is 3.73. The number of rotatable bonds is 6. The highest BCUT2D eigenvalue weighted by Crippen LogP contribution is 2.56. The molecule has 72 valence electrons. The van der Waals surface area contributed by atoms with Gasteiger partial charge >= 0.3 is 0 Å². The van der Waals surface area contributed by atoms with Crippen LogP contribution in [0.15, 0.2) is 0 Å². The fourth-order valence-electron chi connectivity index (χ4n) is 0.590. The van der Waals surface area contributed by atoms with Gasteiger partial charge in [0.1, 0.15) is 0 Å². The summed E-state index contributed by atoms with van der Waals surface area (Å²) < 4.78 is 1.57. The molecule has 1 atom stereocenters. The standard InChI is InChI=1S/C6H15N2OPS2/c1-4-5-12-10(11,7-2)8(3)6-9/h6H,4-5H2,1-3H3,(H,7,11). The molecular formula is C6H15N2OPS2. The molecule has 0 radical (unpaired) electrons. The zero-order valence-corrected chi connectivity index (χ0v) is 10.1. The summed E-state index contributed by atoms with van der Waals surface area (Å²) in [6, 6.07) is 0. The molecule has 0 aromatic heterocycles. The summed E-state index contributed by atoms with van der Waals surface area (Å²) in [5.74, 6) is 0.996. The van der Waals surface area contributed by atoms with E-state index in [9.17, 15) is 4.79 Å². The maximum atomic E-state index is 10.5. The first-order chi connectivity index (χ1) is 5.60. The quantitative estimate of drug-likeness (QED) is 0.551. The third-order valence-electron chi connectivity index (χ3n) is 1.32. The van der Waals surface area contributed by atoms with Crippen molar-refractivity contribution in [3.63, 3.8) is 0 Å². The lowest BCUT2D eigenvalue weighted by molar-refractivity contribution is -0.113. The molecule has 0 aliphatic rings. The minimum absolute atomic E-state index is 0.792. The smallest absolute Gasteiger partial charge is 0.214 e. The van der Waals surface area contributed by atoms with Gasteiger partial charge in [0.15, 0.2) is 5.54 Å². The summed E-state index contributed by atoms with van der Waals surface area (Å²) in [4.78, 5) is 10.5. The van der Waals surface area contributed by atoms with E-state index in [0.717, 1.165) is 18.6 Å². The number of hydrogen-bond donors (Lipinski definition) is 1. The largest absolute Gasteiger partial charge is 0.301 e. The van der Waals surface area contributed by atoms with Gasteiger partial charge in [-0.15, -0.1) is 0 Å². The zero-order valence-electron chi connectivity index (χ0n) is 7.61. The van der Waals surface area contributed by atoms with Gasteiger partial charge in [0.05, 0.1) is 0 Å². The number of hydrogen-bond acceptors (Lipinski definition) is 3.